The van der Waals surface area contributed by atoms with E-state index in [9.17, 15) is 9.50 Å². The molecule has 0 aliphatic rings. The van der Waals surface area contributed by atoms with Gasteiger partial charge < -0.3 is 10.8 Å². The minimum atomic E-state index is -1.31. The lowest BCUT2D eigenvalue weighted by Gasteiger charge is -2.17. The van der Waals surface area contributed by atoms with E-state index in [0.717, 1.165) is 5.56 Å². The number of rotatable bonds is 4. The molecule has 78 valence electrons. The van der Waals surface area contributed by atoms with Gasteiger partial charge in [0.1, 0.15) is 11.4 Å². The molecule has 3 heteroatoms. The topological polar surface area (TPSA) is 46.2 Å². The van der Waals surface area contributed by atoms with E-state index >= 15 is 0 Å². The van der Waals surface area contributed by atoms with Crippen LogP contribution in [-0.2, 0) is 6.42 Å². The summed E-state index contributed by atoms with van der Waals surface area (Å²) in [6, 6.07) is 6.86. The number of benzene rings is 1. The van der Waals surface area contributed by atoms with Crippen molar-refractivity contribution in [3.8, 4) is 5.75 Å². The fraction of sp³-hybridized carbons (Fsp3) is 0.455. The van der Waals surface area contributed by atoms with Crippen LogP contribution < -0.4 is 5.73 Å². The Bertz CT molecular complexity index is 299. The Balaban J connectivity index is 2.54. The van der Waals surface area contributed by atoms with E-state index in [1.165, 1.54) is 6.92 Å². The molecule has 0 spiro atoms. The summed E-state index contributed by atoms with van der Waals surface area (Å²) in [6.45, 7) is 1.53. The number of alkyl halides is 1. The maximum absolute atomic E-state index is 13.4. The van der Waals surface area contributed by atoms with Gasteiger partial charge in [0.05, 0.1) is 0 Å². The third kappa shape index (κ3) is 3.34. The molecule has 0 aliphatic heterocycles. The predicted molar refractivity (Wildman–Crippen MR) is 55.0 cm³/mol. The molecule has 1 rings (SSSR count). The molecule has 1 unspecified atom stereocenters. The minimum absolute atomic E-state index is 0.0335. The molecule has 0 saturated heterocycles. The lowest BCUT2D eigenvalue weighted by atomic mass is 9.98. The maximum atomic E-state index is 13.4. The van der Waals surface area contributed by atoms with Gasteiger partial charge in [0.25, 0.3) is 0 Å². The summed E-state index contributed by atoms with van der Waals surface area (Å²) in [5, 5.41) is 9.18. The van der Waals surface area contributed by atoms with Gasteiger partial charge >= 0.3 is 0 Å². The third-order valence-corrected chi connectivity index (χ3v) is 2.27. The van der Waals surface area contributed by atoms with Crippen molar-refractivity contribution >= 4 is 0 Å². The zero-order valence-corrected chi connectivity index (χ0v) is 8.33. The Morgan fingerprint density at radius 1 is 1.50 bits per heavy atom. The molecule has 0 amide bonds. The average Bonchev–Trinajstić information content (AvgIpc) is 2.15. The molecule has 1 atom stereocenters. The van der Waals surface area contributed by atoms with Crippen LogP contribution in [0, 0.1) is 0 Å². The Morgan fingerprint density at radius 2 is 2.21 bits per heavy atom. The van der Waals surface area contributed by atoms with Crippen LogP contribution in [-0.4, -0.2) is 17.3 Å². The Kier molecular flexibility index (Phi) is 3.47. The van der Waals surface area contributed by atoms with Gasteiger partial charge in [-0.2, -0.15) is 0 Å². The molecule has 0 saturated carbocycles. The van der Waals surface area contributed by atoms with Gasteiger partial charge in [0, 0.05) is 6.54 Å². The van der Waals surface area contributed by atoms with Crippen LogP contribution in [0.1, 0.15) is 18.9 Å². The van der Waals surface area contributed by atoms with Crippen molar-refractivity contribution in [3.05, 3.63) is 29.8 Å². The lowest BCUT2D eigenvalue weighted by molar-refractivity contribution is 0.186. The standard InChI is InChI=1S/C11H16FNO/c1-11(12,8-13)6-5-9-3-2-4-10(14)7-9/h2-4,7,14H,5-6,8,13H2,1H3. The van der Waals surface area contributed by atoms with E-state index in [-0.39, 0.29) is 12.3 Å². The van der Waals surface area contributed by atoms with Gasteiger partial charge in [-0.25, -0.2) is 4.39 Å². The van der Waals surface area contributed by atoms with Gasteiger partial charge in [-0.15, -0.1) is 0 Å². The first-order valence-electron chi connectivity index (χ1n) is 4.70. The number of halogens is 1. The number of aryl methyl sites for hydroxylation is 1. The minimum Gasteiger partial charge on any atom is -0.508 e. The SMILES string of the molecule is CC(F)(CN)CCc1cccc(O)c1. The highest BCUT2D eigenvalue weighted by Crippen LogP contribution is 2.19. The molecule has 1 aromatic rings. The normalized spacial score (nSPS) is 15.1. The van der Waals surface area contributed by atoms with E-state index < -0.39 is 5.67 Å². The van der Waals surface area contributed by atoms with Crippen molar-refractivity contribution < 1.29 is 9.50 Å². The molecule has 14 heavy (non-hydrogen) atoms. The van der Waals surface area contributed by atoms with E-state index in [4.69, 9.17) is 5.73 Å². The third-order valence-electron chi connectivity index (χ3n) is 2.27. The maximum Gasteiger partial charge on any atom is 0.120 e. The highest BCUT2D eigenvalue weighted by Gasteiger charge is 2.20. The Labute approximate surface area is 83.6 Å². The molecule has 0 radical (unpaired) electrons. The summed E-state index contributed by atoms with van der Waals surface area (Å²) in [4.78, 5) is 0. The molecule has 0 fully saturated rings. The fourth-order valence-corrected chi connectivity index (χ4v) is 1.22. The molecular weight excluding hydrogens is 181 g/mol. The van der Waals surface area contributed by atoms with Crippen LogP contribution in [0.15, 0.2) is 24.3 Å². The zero-order chi connectivity index (χ0) is 10.6. The monoisotopic (exact) mass is 197 g/mol. The van der Waals surface area contributed by atoms with Crippen LogP contribution >= 0.6 is 0 Å². The summed E-state index contributed by atoms with van der Waals surface area (Å²) in [7, 11) is 0. The van der Waals surface area contributed by atoms with Crippen LogP contribution in [0.25, 0.3) is 0 Å². The molecule has 2 nitrogen and oxygen atoms in total. The van der Waals surface area contributed by atoms with E-state index in [1.54, 1.807) is 18.2 Å². The predicted octanol–water partition coefficient (Wildman–Crippen LogP) is 2.01. The molecule has 0 aliphatic carbocycles. The van der Waals surface area contributed by atoms with Crippen molar-refractivity contribution in [2.75, 3.05) is 6.54 Å². The van der Waals surface area contributed by atoms with Crippen molar-refractivity contribution in [3.63, 3.8) is 0 Å². The van der Waals surface area contributed by atoms with Crippen molar-refractivity contribution in [1.29, 1.82) is 0 Å². The van der Waals surface area contributed by atoms with Crippen molar-refractivity contribution in [1.82, 2.24) is 0 Å². The fourth-order valence-electron chi connectivity index (χ4n) is 1.22. The smallest absolute Gasteiger partial charge is 0.120 e. The van der Waals surface area contributed by atoms with Crippen molar-refractivity contribution in [2.24, 2.45) is 5.73 Å². The van der Waals surface area contributed by atoms with Gasteiger partial charge in [-0.05, 0) is 37.5 Å². The summed E-state index contributed by atoms with van der Waals surface area (Å²) < 4.78 is 13.4. The second-order valence-electron chi connectivity index (χ2n) is 3.79. The van der Waals surface area contributed by atoms with Gasteiger partial charge in [-0.1, -0.05) is 12.1 Å². The van der Waals surface area contributed by atoms with Crippen molar-refractivity contribution in [2.45, 2.75) is 25.4 Å². The first-order valence-corrected chi connectivity index (χ1v) is 4.70. The highest BCUT2D eigenvalue weighted by molar-refractivity contribution is 5.27. The first-order chi connectivity index (χ1) is 6.53. The van der Waals surface area contributed by atoms with Crippen LogP contribution in [0.4, 0.5) is 4.39 Å². The van der Waals surface area contributed by atoms with Gasteiger partial charge in [0.2, 0.25) is 0 Å². The van der Waals surface area contributed by atoms with Crippen LogP contribution in [0.5, 0.6) is 5.75 Å². The number of aromatic hydroxyl groups is 1. The number of hydrogen-bond acceptors (Lipinski definition) is 2. The number of hydrogen-bond donors (Lipinski definition) is 2. The number of phenols is 1. The second-order valence-corrected chi connectivity index (χ2v) is 3.79. The molecule has 3 N–H and O–H groups in total. The van der Waals surface area contributed by atoms with E-state index in [1.807, 2.05) is 6.07 Å². The average molecular weight is 197 g/mol. The Hall–Kier alpha value is -1.09. The second kappa shape index (κ2) is 4.42. The Morgan fingerprint density at radius 3 is 2.79 bits per heavy atom. The van der Waals surface area contributed by atoms with Gasteiger partial charge in [-0.3, -0.25) is 0 Å². The summed E-state index contributed by atoms with van der Waals surface area (Å²) >= 11 is 0. The molecule has 0 heterocycles. The lowest BCUT2D eigenvalue weighted by Crippen LogP contribution is -2.29. The highest BCUT2D eigenvalue weighted by atomic mass is 19.1. The summed E-state index contributed by atoms with van der Waals surface area (Å²) in [6.07, 6.45) is 0.978. The van der Waals surface area contributed by atoms with Crippen LogP contribution in [0.3, 0.4) is 0 Å². The first kappa shape index (κ1) is 11.0. The number of phenolic OH excluding ortho intramolecular Hbond substituents is 1. The quantitative estimate of drug-likeness (QED) is 0.775. The summed E-state index contributed by atoms with van der Waals surface area (Å²) in [5.41, 5.74) is 4.89. The van der Waals surface area contributed by atoms with E-state index in [0.29, 0.717) is 12.8 Å². The van der Waals surface area contributed by atoms with Crippen LogP contribution in [0.2, 0.25) is 0 Å². The molecular formula is C11H16FNO. The molecule has 0 bridgehead atoms. The largest absolute Gasteiger partial charge is 0.508 e. The number of nitrogens with two attached hydrogens (primary N) is 1. The molecule has 1 aromatic carbocycles. The molecule has 0 aromatic heterocycles. The van der Waals surface area contributed by atoms with Gasteiger partial charge in [0.15, 0.2) is 0 Å². The zero-order valence-electron chi connectivity index (χ0n) is 8.33. The van der Waals surface area contributed by atoms with E-state index in [2.05, 4.69) is 0 Å². The summed E-state index contributed by atoms with van der Waals surface area (Å²) in [5.74, 6) is 0.218.